The lowest BCUT2D eigenvalue weighted by Crippen LogP contribution is -2.48. The zero-order valence-corrected chi connectivity index (χ0v) is 14.3. The molecule has 0 bridgehead atoms. The topological polar surface area (TPSA) is 64.3 Å². The highest BCUT2D eigenvalue weighted by atomic mass is 35.5. The number of carbonyl (C=O) groups is 1. The first-order valence-electron chi connectivity index (χ1n) is 6.74. The van der Waals surface area contributed by atoms with Gasteiger partial charge in [0.1, 0.15) is 5.75 Å². The Hall–Kier alpha value is -0.970. The third-order valence-electron chi connectivity index (χ3n) is 2.93. The molecule has 0 aromatic heterocycles. The summed E-state index contributed by atoms with van der Waals surface area (Å²) in [6.45, 7) is 6.64. The lowest BCUT2D eigenvalue weighted by atomic mass is 10.1. The summed E-state index contributed by atoms with van der Waals surface area (Å²) in [7, 11) is 0. The fourth-order valence-electron chi connectivity index (χ4n) is 1.62. The average Bonchev–Trinajstić information content (AvgIpc) is 2.38. The van der Waals surface area contributed by atoms with Gasteiger partial charge >= 0.3 is 0 Å². The molecule has 3 N–H and O–H groups in total. The lowest BCUT2D eigenvalue weighted by Gasteiger charge is -2.24. The number of nitrogens with one attached hydrogen (secondary N) is 1. The molecular formula is C15H24Cl2N2O2. The zero-order chi connectivity index (χ0) is 15.2. The highest BCUT2D eigenvalue weighted by Gasteiger charge is 2.17. The molecule has 0 spiro atoms. The molecule has 0 saturated carbocycles. The molecule has 0 heterocycles. The first-order chi connectivity index (χ1) is 9.34. The van der Waals surface area contributed by atoms with Gasteiger partial charge in [0.2, 0.25) is 5.91 Å². The minimum atomic E-state index is -0.356. The minimum Gasteiger partial charge on any atom is -0.494 e. The van der Waals surface area contributed by atoms with E-state index in [4.69, 9.17) is 22.1 Å². The van der Waals surface area contributed by atoms with Crippen molar-refractivity contribution in [3.63, 3.8) is 0 Å². The average molecular weight is 335 g/mol. The number of ether oxygens (including phenoxy) is 1. The fourth-order valence-corrected chi connectivity index (χ4v) is 1.74. The van der Waals surface area contributed by atoms with E-state index in [1.807, 2.05) is 39.0 Å². The highest BCUT2D eigenvalue weighted by Crippen LogP contribution is 2.21. The summed E-state index contributed by atoms with van der Waals surface area (Å²) in [6, 6.07) is 5.52. The summed E-state index contributed by atoms with van der Waals surface area (Å²) in [6.07, 6.45) is 1.09. The van der Waals surface area contributed by atoms with Gasteiger partial charge in [0, 0.05) is 23.5 Å². The van der Waals surface area contributed by atoms with Gasteiger partial charge in [-0.25, -0.2) is 0 Å². The molecule has 1 aromatic rings. The van der Waals surface area contributed by atoms with Crippen molar-refractivity contribution in [3.8, 4) is 5.75 Å². The van der Waals surface area contributed by atoms with Crippen molar-refractivity contribution in [2.45, 2.75) is 39.2 Å². The maximum atomic E-state index is 11.7. The molecular weight excluding hydrogens is 311 g/mol. The summed E-state index contributed by atoms with van der Waals surface area (Å²) >= 11 is 5.94. The summed E-state index contributed by atoms with van der Waals surface area (Å²) in [5.41, 5.74) is 6.18. The predicted octanol–water partition coefficient (Wildman–Crippen LogP) is 3.08. The van der Waals surface area contributed by atoms with Gasteiger partial charge in [-0.15, -0.1) is 12.4 Å². The van der Waals surface area contributed by atoms with E-state index in [1.165, 1.54) is 0 Å². The van der Waals surface area contributed by atoms with Crippen LogP contribution >= 0.6 is 24.0 Å². The van der Waals surface area contributed by atoms with Crippen LogP contribution in [0.2, 0.25) is 5.02 Å². The summed E-state index contributed by atoms with van der Waals surface area (Å²) in [4.78, 5) is 11.7. The van der Waals surface area contributed by atoms with Crippen LogP contribution in [0, 0.1) is 6.92 Å². The van der Waals surface area contributed by atoms with Crippen molar-refractivity contribution < 1.29 is 9.53 Å². The van der Waals surface area contributed by atoms with Gasteiger partial charge in [0.05, 0.1) is 6.61 Å². The second kappa shape index (κ2) is 9.13. The molecule has 4 nitrogen and oxygen atoms in total. The molecule has 0 fully saturated rings. The number of hydrogen-bond donors (Lipinski definition) is 2. The molecule has 120 valence electrons. The minimum absolute atomic E-state index is 0. The predicted molar refractivity (Wildman–Crippen MR) is 89.4 cm³/mol. The first kappa shape index (κ1) is 20.0. The van der Waals surface area contributed by atoms with Gasteiger partial charge < -0.3 is 15.8 Å². The lowest BCUT2D eigenvalue weighted by molar-refractivity contribution is -0.122. The van der Waals surface area contributed by atoms with Crippen LogP contribution in [0.4, 0.5) is 0 Å². The molecule has 0 aliphatic rings. The number of benzene rings is 1. The largest absolute Gasteiger partial charge is 0.494 e. The standard InChI is InChI=1S/C15H23ClN2O2.ClH/c1-11-9-12(6-7-13(11)16)20-8-4-5-14(19)18-15(2,3)10-17;/h6-7,9H,4-5,8,10,17H2,1-3H3,(H,18,19);1H. The van der Waals surface area contributed by atoms with Gasteiger partial charge in [-0.05, 0) is 51.0 Å². The quantitative estimate of drug-likeness (QED) is 0.753. The van der Waals surface area contributed by atoms with Crippen molar-refractivity contribution >= 4 is 29.9 Å². The maximum Gasteiger partial charge on any atom is 0.220 e. The van der Waals surface area contributed by atoms with Gasteiger partial charge in [-0.2, -0.15) is 0 Å². The van der Waals surface area contributed by atoms with Crippen LogP contribution < -0.4 is 15.8 Å². The SMILES string of the molecule is Cc1cc(OCCCC(=O)NC(C)(C)CN)ccc1Cl.Cl. The Morgan fingerprint density at radius 3 is 2.67 bits per heavy atom. The van der Waals surface area contributed by atoms with E-state index in [2.05, 4.69) is 5.32 Å². The molecule has 0 aliphatic carbocycles. The molecule has 1 rings (SSSR count). The summed E-state index contributed by atoms with van der Waals surface area (Å²) in [5, 5.41) is 3.61. The Bertz CT molecular complexity index is 465. The number of amides is 1. The van der Waals surface area contributed by atoms with Crippen LogP contribution in [0.1, 0.15) is 32.3 Å². The third-order valence-corrected chi connectivity index (χ3v) is 3.36. The van der Waals surface area contributed by atoms with Crippen molar-refractivity contribution in [3.05, 3.63) is 28.8 Å². The van der Waals surface area contributed by atoms with E-state index in [0.29, 0.717) is 26.0 Å². The van der Waals surface area contributed by atoms with Gasteiger partial charge in [0.25, 0.3) is 0 Å². The summed E-state index contributed by atoms with van der Waals surface area (Å²) in [5.74, 6) is 0.769. The molecule has 0 aliphatic heterocycles. The fraction of sp³-hybridized carbons (Fsp3) is 0.533. The number of halogens is 2. The van der Waals surface area contributed by atoms with E-state index < -0.39 is 0 Å². The van der Waals surface area contributed by atoms with Crippen LogP contribution in [0.3, 0.4) is 0 Å². The molecule has 6 heteroatoms. The molecule has 0 saturated heterocycles. The van der Waals surface area contributed by atoms with Crippen molar-refractivity contribution in [2.75, 3.05) is 13.2 Å². The highest BCUT2D eigenvalue weighted by molar-refractivity contribution is 6.31. The first-order valence-corrected chi connectivity index (χ1v) is 7.12. The number of aryl methyl sites for hydroxylation is 1. The molecule has 0 atom stereocenters. The second-order valence-corrected chi connectivity index (χ2v) is 5.91. The van der Waals surface area contributed by atoms with Gasteiger partial charge in [0.15, 0.2) is 0 Å². The molecule has 0 radical (unpaired) electrons. The van der Waals surface area contributed by atoms with E-state index in [1.54, 1.807) is 0 Å². The molecule has 1 aromatic carbocycles. The van der Waals surface area contributed by atoms with Crippen molar-refractivity contribution in [1.29, 1.82) is 0 Å². The Morgan fingerprint density at radius 1 is 1.43 bits per heavy atom. The number of hydrogen-bond acceptors (Lipinski definition) is 3. The summed E-state index contributed by atoms with van der Waals surface area (Å²) < 4.78 is 5.59. The van der Waals surface area contributed by atoms with Crippen LogP contribution in [0.5, 0.6) is 5.75 Å². The molecule has 1 amide bonds. The Morgan fingerprint density at radius 2 is 2.10 bits per heavy atom. The molecule has 21 heavy (non-hydrogen) atoms. The van der Waals surface area contributed by atoms with E-state index in [-0.39, 0.29) is 23.9 Å². The third kappa shape index (κ3) is 7.55. The van der Waals surface area contributed by atoms with Crippen LogP contribution in [0.15, 0.2) is 18.2 Å². The van der Waals surface area contributed by atoms with Gasteiger partial charge in [-0.3, -0.25) is 4.79 Å². The van der Waals surface area contributed by atoms with Crippen LogP contribution in [-0.4, -0.2) is 24.6 Å². The smallest absolute Gasteiger partial charge is 0.220 e. The van der Waals surface area contributed by atoms with Crippen molar-refractivity contribution in [1.82, 2.24) is 5.32 Å². The zero-order valence-electron chi connectivity index (χ0n) is 12.7. The monoisotopic (exact) mass is 334 g/mol. The van der Waals surface area contributed by atoms with E-state index in [9.17, 15) is 4.79 Å². The van der Waals surface area contributed by atoms with Crippen LogP contribution in [0.25, 0.3) is 0 Å². The Labute approximate surface area is 137 Å². The Kier molecular flexibility index (Phi) is 8.71. The maximum absolute atomic E-state index is 11.7. The number of nitrogens with two attached hydrogens (primary N) is 1. The Balaban J connectivity index is 0.00000400. The second-order valence-electron chi connectivity index (χ2n) is 5.50. The van der Waals surface area contributed by atoms with E-state index >= 15 is 0 Å². The van der Waals surface area contributed by atoms with Gasteiger partial charge in [-0.1, -0.05) is 11.6 Å². The van der Waals surface area contributed by atoms with Crippen molar-refractivity contribution in [2.24, 2.45) is 5.73 Å². The number of carbonyl (C=O) groups excluding carboxylic acids is 1. The van der Waals surface area contributed by atoms with E-state index in [0.717, 1.165) is 16.3 Å². The van der Waals surface area contributed by atoms with Crippen LogP contribution in [-0.2, 0) is 4.79 Å². The molecule has 0 unspecified atom stereocenters. The number of rotatable bonds is 7. The normalized spacial score (nSPS) is 10.7.